The number of amides is 9. The molecule has 0 radical (unpaired) electrons. The third kappa shape index (κ3) is 16.9. The van der Waals surface area contributed by atoms with Crippen LogP contribution in [0.1, 0.15) is 72.1 Å². The second-order valence-corrected chi connectivity index (χ2v) is 13.1. The molecule has 57 heavy (non-hydrogen) atoms. The fourth-order valence-electron chi connectivity index (χ4n) is 5.42. The molecule has 8 atom stereocenters. The molecular weight excluding hydrogens is 766 g/mol. The summed E-state index contributed by atoms with van der Waals surface area (Å²) in [7, 11) is 0. The maximum absolute atomic E-state index is 13.4. The fraction of sp³-hybridized carbons (Fsp3) is 0.625. The number of likely N-dealkylation sites (tertiary alicyclic amines) is 1. The molecule has 318 valence electrons. The Hall–Kier alpha value is -6.40. The van der Waals surface area contributed by atoms with Crippen LogP contribution in [0.5, 0.6) is 0 Å². The summed E-state index contributed by atoms with van der Waals surface area (Å²) in [5.74, 6) is -13.9. The second-order valence-electron chi connectivity index (χ2n) is 13.1. The zero-order valence-corrected chi connectivity index (χ0v) is 31.3. The molecule has 1 saturated heterocycles. The second kappa shape index (κ2) is 22.9. The molecule has 1 aliphatic heterocycles. The topological polar surface area (TPSA) is 413 Å². The number of carbonyl (C=O) groups is 12. The van der Waals surface area contributed by atoms with E-state index in [0.717, 1.165) is 13.8 Å². The number of hydrogen-bond donors (Lipinski definition) is 12. The summed E-state index contributed by atoms with van der Waals surface area (Å²) < 4.78 is 0. The molecule has 0 aromatic carbocycles. The summed E-state index contributed by atoms with van der Waals surface area (Å²) in [4.78, 5) is 149. The number of primary amides is 2. The average Bonchev–Trinajstić information content (AvgIpc) is 3.60. The smallest absolute Gasteiger partial charge is 0.326 e. The molecule has 1 rings (SSSR count). The van der Waals surface area contributed by atoms with Crippen molar-refractivity contribution < 1.29 is 78.0 Å². The Balaban J connectivity index is 3.17. The van der Waals surface area contributed by atoms with Crippen molar-refractivity contribution in [2.24, 2.45) is 11.5 Å². The molecule has 1 heterocycles. The molecule has 9 amide bonds. The van der Waals surface area contributed by atoms with Crippen LogP contribution in [-0.4, -0.2) is 151 Å². The molecular formula is C32H49N9O16. The van der Waals surface area contributed by atoms with Gasteiger partial charge in [-0.3, -0.25) is 52.7 Å². The lowest BCUT2D eigenvalue weighted by molar-refractivity contribution is -0.148. The van der Waals surface area contributed by atoms with Gasteiger partial charge in [-0.05, 0) is 39.5 Å². The summed E-state index contributed by atoms with van der Waals surface area (Å²) in [6.07, 6.45) is -4.82. The highest BCUT2D eigenvalue weighted by atomic mass is 16.4. The van der Waals surface area contributed by atoms with E-state index in [0.29, 0.717) is 13.0 Å². The number of aliphatic carboxylic acids is 3. The zero-order chi connectivity index (χ0) is 43.7. The highest BCUT2D eigenvalue weighted by Gasteiger charge is 2.37. The quantitative estimate of drug-likeness (QED) is 0.0431. The Labute approximate surface area is 324 Å². The van der Waals surface area contributed by atoms with Gasteiger partial charge in [-0.25, -0.2) is 4.79 Å². The van der Waals surface area contributed by atoms with Gasteiger partial charge in [0, 0.05) is 26.3 Å². The van der Waals surface area contributed by atoms with Gasteiger partial charge < -0.3 is 68.7 Å². The average molecular weight is 816 g/mol. The first kappa shape index (κ1) is 48.6. The lowest BCUT2D eigenvalue weighted by Gasteiger charge is -2.28. The molecule has 1 aliphatic rings. The number of rotatable bonds is 24. The van der Waals surface area contributed by atoms with E-state index >= 15 is 0 Å². The monoisotopic (exact) mass is 815 g/mol. The number of hydrogen-bond acceptors (Lipinski definition) is 13. The van der Waals surface area contributed by atoms with Crippen LogP contribution in [0.25, 0.3) is 0 Å². The molecule has 0 aromatic heterocycles. The van der Waals surface area contributed by atoms with Crippen LogP contribution in [0.2, 0.25) is 0 Å². The molecule has 25 nitrogen and oxygen atoms in total. The maximum atomic E-state index is 13.4. The normalized spacial score (nSPS) is 17.1. The van der Waals surface area contributed by atoms with Gasteiger partial charge in [0.1, 0.15) is 42.3 Å². The van der Waals surface area contributed by atoms with E-state index in [2.05, 4.69) is 21.3 Å². The lowest BCUT2D eigenvalue weighted by Crippen LogP contribution is -2.61. The summed E-state index contributed by atoms with van der Waals surface area (Å²) in [5, 5.41) is 50.5. The third-order valence-electron chi connectivity index (χ3n) is 8.40. The van der Waals surface area contributed by atoms with E-state index in [-0.39, 0.29) is 25.2 Å². The first-order valence-electron chi connectivity index (χ1n) is 17.5. The summed E-state index contributed by atoms with van der Waals surface area (Å²) in [5.41, 5.74) is 10.5. The molecule has 0 aliphatic carbocycles. The number of carboxylic acid groups (broad SMARTS) is 3. The zero-order valence-electron chi connectivity index (χ0n) is 31.3. The number of aliphatic hydroxyl groups excluding tert-OH is 1. The van der Waals surface area contributed by atoms with Crippen LogP contribution in [0.4, 0.5) is 0 Å². The largest absolute Gasteiger partial charge is 0.481 e. The van der Waals surface area contributed by atoms with Gasteiger partial charge in [0.15, 0.2) is 0 Å². The van der Waals surface area contributed by atoms with E-state index in [1.807, 2.05) is 5.32 Å². The van der Waals surface area contributed by atoms with Crippen LogP contribution < -0.4 is 43.4 Å². The minimum absolute atomic E-state index is 0.288. The third-order valence-corrected chi connectivity index (χ3v) is 8.40. The van der Waals surface area contributed by atoms with Crippen molar-refractivity contribution >= 4 is 71.1 Å². The van der Waals surface area contributed by atoms with Crippen LogP contribution in [0.3, 0.4) is 0 Å². The highest BCUT2D eigenvalue weighted by Crippen LogP contribution is 2.18. The molecule has 14 N–H and O–H groups in total. The summed E-state index contributed by atoms with van der Waals surface area (Å²) in [6.45, 7) is 3.67. The van der Waals surface area contributed by atoms with Crippen molar-refractivity contribution in [3.05, 3.63) is 0 Å². The van der Waals surface area contributed by atoms with E-state index < -0.39 is 139 Å². The molecule has 0 saturated carbocycles. The van der Waals surface area contributed by atoms with Crippen molar-refractivity contribution in [3.63, 3.8) is 0 Å². The Morgan fingerprint density at radius 3 is 1.56 bits per heavy atom. The Kier molecular flexibility index (Phi) is 19.5. The Morgan fingerprint density at radius 1 is 0.632 bits per heavy atom. The Morgan fingerprint density at radius 2 is 1.09 bits per heavy atom. The lowest BCUT2D eigenvalue weighted by atomic mass is 10.1. The molecule has 0 unspecified atom stereocenters. The number of nitrogens with one attached hydrogen (secondary N) is 6. The first-order valence-corrected chi connectivity index (χ1v) is 17.5. The van der Waals surface area contributed by atoms with Crippen molar-refractivity contribution in [3.8, 4) is 0 Å². The van der Waals surface area contributed by atoms with Gasteiger partial charge >= 0.3 is 17.9 Å². The van der Waals surface area contributed by atoms with Crippen molar-refractivity contribution in [2.75, 3.05) is 6.54 Å². The number of aliphatic hydroxyl groups is 1. The van der Waals surface area contributed by atoms with Gasteiger partial charge in [0.2, 0.25) is 53.2 Å². The highest BCUT2D eigenvalue weighted by molar-refractivity contribution is 5.98. The molecule has 0 spiro atoms. The minimum atomic E-state index is -2.03. The van der Waals surface area contributed by atoms with Gasteiger partial charge in [-0.2, -0.15) is 0 Å². The number of carbonyl (C=O) groups excluding carboxylic acids is 9. The van der Waals surface area contributed by atoms with Gasteiger partial charge in [0.05, 0.1) is 18.9 Å². The maximum Gasteiger partial charge on any atom is 0.326 e. The SMILES string of the molecule is CC(=O)N1CCC[C@H]1C(=O)N[C@@H](CCC(N)=O)C(=O)N[C@@H](CCC(N)=O)C(=O)N[C@@H](C)C(=O)N[C@H](C(=O)N[C@@H](CC(=O)O)C(=O)N[C@@H](CC(=O)O)C(=O)O)[C@@H](C)O. The van der Waals surface area contributed by atoms with E-state index in [4.69, 9.17) is 16.6 Å². The van der Waals surface area contributed by atoms with Crippen molar-refractivity contribution in [2.45, 2.75) is 121 Å². The van der Waals surface area contributed by atoms with Crippen molar-refractivity contribution in [1.29, 1.82) is 0 Å². The summed E-state index contributed by atoms with van der Waals surface area (Å²) >= 11 is 0. The van der Waals surface area contributed by atoms with E-state index in [9.17, 15) is 72.9 Å². The molecule has 0 aromatic rings. The van der Waals surface area contributed by atoms with Gasteiger partial charge in [-0.1, -0.05) is 0 Å². The van der Waals surface area contributed by atoms with E-state index in [1.165, 1.54) is 11.8 Å². The van der Waals surface area contributed by atoms with Crippen LogP contribution in [0, 0.1) is 0 Å². The molecule has 0 bridgehead atoms. The predicted molar refractivity (Wildman–Crippen MR) is 188 cm³/mol. The summed E-state index contributed by atoms with van der Waals surface area (Å²) in [6, 6.07) is -11.5. The van der Waals surface area contributed by atoms with Crippen LogP contribution >= 0.6 is 0 Å². The number of nitrogens with zero attached hydrogens (tertiary/aromatic N) is 1. The first-order chi connectivity index (χ1) is 26.4. The number of carboxylic acids is 3. The molecule has 1 fully saturated rings. The van der Waals surface area contributed by atoms with Gasteiger partial charge in [0.25, 0.3) is 0 Å². The van der Waals surface area contributed by atoms with Gasteiger partial charge in [-0.15, -0.1) is 0 Å². The molecule has 25 heteroatoms. The van der Waals surface area contributed by atoms with E-state index in [1.54, 1.807) is 5.32 Å². The van der Waals surface area contributed by atoms with Crippen LogP contribution in [-0.2, 0) is 57.5 Å². The fourth-order valence-corrected chi connectivity index (χ4v) is 5.42. The minimum Gasteiger partial charge on any atom is -0.481 e. The standard InChI is InChI=1S/C32H49N9O16/c1-13(26(50)40-25(14(2)42)31(55)38-18(11-23(46)47)29(53)39-19(32(56)57)12-24(48)49)35-27(51)16(6-8-21(33)44)36-28(52)17(7-9-22(34)45)37-30(54)20-5-4-10-41(20)15(3)43/h13-14,16-20,25,42H,4-12H2,1-3H3,(H2,33,44)(H2,34,45)(H,35,51)(H,36,52)(H,37,54)(H,38,55)(H,39,53)(H,40,50)(H,46,47)(H,48,49)(H,56,57)/t13-,14+,16-,17-,18-,19-,20-,25-/m0/s1. The number of nitrogens with two attached hydrogens (primary N) is 2. The Bertz CT molecular complexity index is 1590. The van der Waals surface area contributed by atoms with Crippen molar-refractivity contribution in [1.82, 2.24) is 36.8 Å². The van der Waals surface area contributed by atoms with Crippen LogP contribution in [0.15, 0.2) is 0 Å². The predicted octanol–water partition coefficient (Wildman–Crippen LogP) is -6.13.